The highest BCUT2D eigenvalue weighted by Gasteiger charge is 2.25. The molecule has 0 saturated carbocycles. The Labute approximate surface area is 99.8 Å². The lowest BCUT2D eigenvalue weighted by Crippen LogP contribution is -2.09. The summed E-state index contributed by atoms with van der Waals surface area (Å²) in [6, 6.07) is 7.22. The van der Waals surface area contributed by atoms with Gasteiger partial charge in [0.25, 0.3) is 0 Å². The first-order valence-corrected chi connectivity index (χ1v) is 5.50. The average Bonchev–Trinajstić information content (AvgIpc) is 2.11. The third-order valence-corrected chi connectivity index (χ3v) is 2.34. The zero-order valence-corrected chi connectivity index (χ0v) is 10.0. The summed E-state index contributed by atoms with van der Waals surface area (Å²) < 4.78 is 41.5. The quantitative estimate of drug-likeness (QED) is 0.599. The summed E-state index contributed by atoms with van der Waals surface area (Å²) in [7, 11) is 0. The minimum Gasteiger partial charge on any atom is -0.494 e. The van der Waals surface area contributed by atoms with Gasteiger partial charge in [0.05, 0.1) is 6.61 Å². The van der Waals surface area contributed by atoms with Gasteiger partial charge in [-0.05, 0) is 47.2 Å². The molecule has 0 fully saturated rings. The summed E-state index contributed by atoms with van der Waals surface area (Å²) in [6.07, 6.45) is -4.89. The molecule has 84 valence electrons. The van der Waals surface area contributed by atoms with Crippen LogP contribution in [0.5, 0.6) is 5.75 Å². The SMILES string of the molecule is FC(F)(F)CCCOc1cccc(I)c1. The number of rotatable bonds is 4. The van der Waals surface area contributed by atoms with Crippen LogP contribution in [0.1, 0.15) is 12.8 Å². The number of alkyl halides is 3. The van der Waals surface area contributed by atoms with Gasteiger partial charge in [-0.15, -0.1) is 0 Å². The highest BCUT2D eigenvalue weighted by atomic mass is 127. The van der Waals surface area contributed by atoms with Crippen LogP contribution in [0.2, 0.25) is 0 Å². The van der Waals surface area contributed by atoms with E-state index in [0.29, 0.717) is 5.75 Å². The second-order valence-corrected chi connectivity index (χ2v) is 4.27. The minimum absolute atomic E-state index is 0.00499. The Balaban J connectivity index is 2.26. The van der Waals surface area contributed by atoms with Crippen molar-refractivity contribution in [2.75, 3.05) is 6.61 Å². The second kappa shape index (κ2) is 5.58. The van der Waals surface area contributed by atoms with E-state index in [1.54, 1.807) is 18.2 Å². The number of ether oxygens (including phenoxy) is 1. The van der Waals surface area contributed by atoms with E-state index in [2.05, 4.69) is 22.6 Å². The van der Waals surface area contributed by atoms with E-state index < -0.39 is 12.6 Å². The van der Waals surface area contributed by atoms with E-state index in [0.717, 1.165) is 3.57 Å². The van der Waals surface area contributed by atoms with Gasteiger partial charge in [0.1, 0.15) is 5.75 Å². The highest BCUT2D eigenvalue weighted by Crippen LogP contribution is 2.21. The van der Waals surface area contributed by atoms with Crippen LogP contribution in [-0.4, -0.2) is 12.8 Å². The highest BCUT2D eigenvalue weighted by molar-refractivity contribution is 14.1. The molecule has 1 nitrogen and oxygen atoms in total. The molecule has 0 aliphatic carbocycles. The van der Waals surface area contributed by atoms with Gasteiger partial charge in [0.2, 0.25) is 0 Å². The van der Waals surface area contributed by atoms with Crippen molar-refractivity contribution in [1.29, 1.82) is 0 Å². The fourth-order valence-electron chi connectivity index (χ4n) is 1.02. The van der Waals surface area contributed by atoms with Gasteiger partial charge < -0.3 is 4.74 Å². The molecule has 1 aromatic rings. The van der Waals surface area contributed by atoms with Crippen LogP contribution >= 0.6 is 22.6 Å². The molecular weight excluding hydrogens is 320 g/mol. The molecule has 1 rings (SSSR count). The molecule has 0 radical (unpaired) electrons. The maximum atomic E-state index is 11.8. The van der Waals surface area contributed by atoms with Crippen LogP contribution in [0.25, 0.3) is 0 Å². The van der Waals surface area contributed by atoms with Gasteiger partial charge in [-0.25, -0.2) is 0 Å². The van der Waals surface area contributed by atoms with E-state index in [9.17, 15) is 13.2 Å². The Morgan fingerprint density at radius 1 is 1.27 bits per heavy atom. The summed E-state index contributed by atoms with van der Waals surface area (Å²) in [5.41, 5.74) is 0. The van der Waals surface area contributed by atoms with Crippen molar-refractivity contribution in [1.82, 2.24) is 0 Å². The van der Waals surface area contributed by atoms with Crippen LogP contribution in [0.15, 0.2) is 24.3 Å². The fraction of sp³-hybridized carbons (Fsp3) is 0.400. The summed E-state index contributed by atoms with van der Waals surface area (Å²) in [5.74, 6) is 0.615. The topological polar surface area (TPSA) is 9.23 Å². The van der Waals surface area contributed by atoms with Gasteiger partial charge in [-0.1, -0.05) is 6.07 Å². The van der Waals surface area contributed by atoms with Crippen LogP contribution < -0.4 is 4.74 Å². The maximum absolute atomic E-state index is 11.8. The van der Waals surface area contributed by atoms with Crippen molar-refractivity contribution in [2.45, 2.75) is 19.0 Å². The third-order valence-electron chi connectivity index (χ3n) is 1.67. The van der Waals surface area contributed by atoms with Crippen molar-refractivity contribution in [3.8, 4) is 5.75 Å². The maximum Gasteiger partial charge on any atom is 0.389 e. The van der Waals surface area contributed by atoms with E-state index in [-0.39, 0.29) is 13.0 Å². The van der Waals surface area contributed by atoms with Crippen LogP contribution in [0.3, 0.4) is 0 Å². The summed E-state index contributed by atoms with van der Waals surface area (Å²) in [6.45, 7) is 0.0968. The van der Waals surface area contributed by atoms with E-state index >= 15 is 0 Å². The first-order chi connectivity index (χ1) is 6.97. The van der Waals surface area contributed by atoms with Gasteiger partial charge in [0, 0.05) is 9.99 Å². The predicted molar refractivity (Wildman–Crippen MR) is 59.9 cm³/mol. The number of benzene rings is 1. The van der Waals surface area contributed by atoms with Gasteiger partial charge in [-0.2, -0.15) is 13.2 Å². The normalized spacial score (nSPS) is 11.5. The average molecular weight is 330 g/mol. The molecule has 15 heavy (non-hydrogen) atoms. The third kappa shape index (κ3) is 5.86. The Bertz CT molecular complexity index is 312. The van der Waals surface area contributed by atoms with Gasteiger partial charge in [-0.3, -0.25) is 0 Å². The van der Waals surface area contributed by atoms with Gasteiger partial charge >= 0.3 is 6.18 Å². The van der Waals surface area contributed by atoms with Crippen molar-refractivity contribution in [3.05, 3.63) is 27.8 Å². The summed E-state index contributed by atoms with van der Waals surface area (Å²) >= 11 is 2.12. The lowest BCUT2D eigenvalue weighted by atomic mass is 10.3. The molecule has 0 amide bonds. The summed E-state index contributed by atoms with van der Waals surface area (Å²) in [4.78, 5) is 0. The molecule has 0 spiro atoms. The Kier molecular flexibility index (Phi) is 4.69. The monoisotopic (exact) mass is 330 g/mol. The molecule has 5 heteroatoms. The van der Waals surface area contributed by atoms with E-state index in [4.69, 9.17) is 4.74 Å². The predicted octanol–water partition coefficient (Wildman–Crippen LogP) is 4.01. The smallest absolute Gasteiger partial charge is 0.389 e. The van der Waals surface area contributed by atoms with Crippen molar-refractivity contribution >= 4 is 22.6 Å². The molecule has 1 aromatic carbocycles. The Hall–Kier alpha value is -0.460. The van der Waals surface area contributed by atoms with E-state index in [1.807, 2.05) is 6.07 Å². The zero-order valence-electron chi connectivity index (χ0n) is 7.85. The molecule has 0 unspecified atom stereocenters. The number of hydrogen-bond acceptors (Lipinski definition) is 1. The fourth-order valence-corrected chi connectivity index (χ4v) is 1.53. The molecule has 0 aromatic heterocycles. The van der Waals surface area contributed by atoms with Crippen molar-refractivity contribution < 1.29 is 17.9 Å². The first-order valence-electron chi connectivity index (χ1n) is 4.42. The second-order valence-electron chi connectivity index (χ2n) is 3.02. The van der Waals surface area contributed by atoms with Crippen molar-refractivity contribution in [2.24, 2.45) is 0 Å². The Morgan fingerprint density at radius 3 is 2.60 bits per heavy atom. The van der Waals surface area contributed by atoms with Crippen LogP contribution in [0.4, 0.5) is 13.2 Å². The molecule has 0 heterocycles. The standard InChI is InChI=1S/C10H10F3IO/c11-10(12,13)5-2-6-15-9-4-1-3-8(14)7-9/h1,3-4,7H,2,5-6H2. The first kappa shape index (κ1) is 12.6. The van der Waals surface area contributed by atoms with E-state index in [1.165, 1.54) is 0 Å². The van der Waals surface area contributed by atoms with Crippen molar-refractivity contribution in [3.63, 3.8) is 0 Å². The lowest BCUT2D eigenvalue weighted by Gasteiger charge is -2.08. The Morgan fingerprint density at radius 2 is 2.00 bits per heavy atom. The molecule has 0 aliphatic rings. The largest absolute Gasteiger partial charge is 0.494 e. The van der Waals surface area contributed by atoms with Gasteiger partial charge in [0.15, 0.2) is 0 Å². The molecule has 0 aliphatic heterocycles. The molecule has 0 bridgehead atoms. The molecule has 0 saturated heterocycles. The summed E-state index contributed by atoms with van der Waals surface area (Å²) in [5, 5.41) is 0. The molecular formula is C10H10F3IO. The number of halogens is 4. The lowest BCUT2D eigenvalue weighted by molar-refractivity contribution is -0.136. The minimum atomic E-state index is -4.09. The number of hydrogen-bond donors (Lipinski definition) is 0. The molecule has 0 atom stereocenters. The zero-order chi connectivity index (χ0) is 11.3. The van der Waals surface area contributed by atoms with Crippen LogP contribution in [-0.2, 0) is 0 Å². The van der Waals surface area contributed by atoms with Crippen LogP contribution in [0, 0.1) is 3.57 Å². The molecule has 0 N–H and O–H groups in total.